The molecule has 0 unspecified atom stereocenters. The van der Waals surface area contributed by atoms with Gasteiger partial charge in [0.05, 0.1) is 6.61 Å². The van der Waals surface area contributed by atoms with E-state index < -0.39 is 0 Å². The van der Waals surface area contributed by atoms with Gasteiger partial charge < -0.3 is 15.0 Å². The molecule has 6 nitrogen and oxygen atoms in total. The molecule has 0 aliphatic carbocycles. The van der Waals surface area contributed by atoms with Gasteiger partial charge in [0.1, 0.15) is 5.01 Å². The van der Waals surface area contributed by atoms with Gasteiger partial charge >= 0.3 is 6.09 Å². The van der Waals surface area contributed by atoms with Crippen LogP contribution in [-0.2, 0) is 4.74 Å². The van der Waals surface area contributed by atoms with Crippen LogP contribution >= 0.6 is 11.3 Å². The van der Waals surface area contributed by atoms with E-state index in [-0.39, 0.29) is 6.09 Å². The Morgan fingerprint density at radius 3 is 2.78 bits per heavy atom. The Morgan fingerprint density at radius 1 is 1.50 bits per heavy atom. The van der Waals surface area contributed by atoms with Crippen molar-refractivity contribution in [3.63, 3.8) is 0 Å². The molecule has 2 rings (SSSR count). The molecular weight excluding hydrogens is 252 g/mol. The summed E-state index contributed by atoms with van der Waals surface area (Å²) in [6, 6.07) is 0.364. The molecule has 1 fully saturated rings. The number of carbonyl (C=O) groups is 1. The van der Waals surface area contributed by atoms with Gasteiger partial charge in [0.25, 0.3) is 0 Å². The molecule has 1 saturated heterocycles. The fraction of sp³-hybridized carbons (Fsp3) is 0.727. The molecular formula is C11H18N4O2S. The summed E-state index contributed by atoms with van der Waals surface area (Å²) in [7, 11) is 0. The van der Waals surface area contributed by atoms with Gasteiger partial charge in [-0.05, 0) is 26.7 Å². The van der Waals surface area contributed by atoms with Crippen molar-refractivity contribution in [2.45, 2.75) is 32.7 Å². The molecule has 1 aliphatic heterocycles. The number of hydrogen-bond donors (Lipinski definition) is 1. The molecule has 2 heterocycles. The quantitative estimate of drug-likeness (QED) is 0.908. The number of anilines is 1. The van der Waals surface area contributed by atoms with Crippen molar-refractivity contribution >= 4 is 22.6 Å². The smallest absolute Gasteiger partial charge is 0.409 e. The van der Waals surface area contributed by atoms with Gasteiger partial charge in [-0.3, -0.25) is 0 Å². The summed E-state index contributed by atoms with van der Waals surface area (Å²) in [6.07, 6.45) is 1.62. The second-order valence-electron chi connectivity index (χ2n) is 4.23. The third kappa shape index (κ3) is 3.32. The maximum absolute atomic E-state index is 11.5. The molecule has 1 aliphatic rings. The number of piperidine rings is 1. The Bertz CT molecular complexity index is 402. The molecule has 1 N–H and O–H groups in total. The van der Waals surface area contributed by atoms with E-state index in [2.05, 4.69) is 15.5 Å². The fourth-order valence-electron chi connectivity index (χ4n) is 1.95. The van der Waals surface area contributed by atoms with E-state index in [4.69, 9.17) is 4.74 Å². The summed E-state index contributed by atoms with van der Waals surface area (Å²) >= 11 is 1.56. The Labute approximate surface area is 110 Å². The SMILES string of the molecule is CCOC(=O)N1CCC(Nc2nnc(C)s2)CC1. The number of aryl methyl sites for hydroxylation is 1. The highest BCUT2D eigenvalue weighted by Gasteiger charge is 2.23. The monoisotopic (exact) mass is 270 g/mol. The van der Waals surface area contributed by atoms with E-state index in [0.29, 0.717) is 12.6 Å². The van der Waals surface area contributed by atoms with Crippen molar-refractivity contribution in [1.82, 2.24) is 15.1 Å². The van der Waals surface area contributed by atoms with Crippen LogP contribution in [-0.4, -0.2) is 46.9 Å². The first-order valence-corrected chi connectivity index (χ1v) is 6.99. The molecule has 1 aromatic heterocycles. The Kier molecular flexibility index (Phi) is 4.35. The highest BCUT2D eigenvalue weighted by atomic mass is 32.1. The van der Waals surface area contributed by atoms with Gasteiger partial charge in [0.2, 0.25) is 5.13 Å². The topological polar surface area (TPSA) is 67.3 Å². The summed E-state index contributed by atoms with van der Waals surface area (Å²) < 4.78 is 4.98. The minimum atomic E-state index is -0.206. The average Bonchev–Trinajstić information content (AvgIpc) is 2.76. The first-order chi connectivity index (χ1) is 8.69. The molecule has 7 heteroatoms. The van der Waals surface area contributed by atoms with Gasteiger partial charge in [-0.25, -0.2) is 4.79 Å². The van der Waals surface area contributed by atoms with Crippen molar-refractivity contribution in [3.05, 3.63) is 5.01 Å². The molecule has 0 saturated carbocycles. The largest absolute Gasteiger partial charge is 0.450 e. The zero-order valence-electron chi connectivity index (χ0n) is 10.7. The van der Waals surface area contributed by atoms with Crippen LogP contribution in [0.1, 0.15) is 24.8 Å². The van der Waals surface area contributed by atoms with E-state index in [1.807, 2.05) is 13.8 Å². The second-order valence-corrected chi connectivity index (χ2v) is 5.41. The minimum Gasteiger partial charge on any atom is -0.450 e. The van der Waals surface area contributed by atoms with Crippen LogP contribution in [0.2, 0.25) is 0 Å². The summed E-state index contributed by atoms with van der Waals surface area (Å²) in [5.74, 6) is 0. The third-order valence-corrected chi connectivity index (χ3v) is 3.64. The van der Waals surface area contributed by atoms with E-state index in [9.17, 15) is 4.79 Å². The van der Waals surface area contributed by atoms with Crippen LogP contribution in [0, 0.1) is 6.92 Å². The summed E-state index contributed by atoms with van der Waals surface area (Å²) in [6.45, 7) is 5.65. The lowest BCUT2D eigenvalue weighted by atomic mass is 10.1. The number of nitrogens with zero attached hydrogens (tertiary/aromatic N) is 3. The van der Waals surface area contributed by atoms with E-state index in [1.54, 1.807) is 16.2 Å². The lowest BCUT2D eigenvalue weighted by Gasteiger charge is -2.31. The van der Waals surface area contributed by atoms with Crippen molar-refractivity contribution in [1.29, 1.82) is 0 Å². The standard InChI is InChI=1S/C11H18N4O2S/c1-3-17-11(16)15-6-4-9(5-7-15)12-10-14-13-8(2)18-10/h9H,3-7H2,1-2H3,(H,12,14). The van der Waals surface area contributed by atoms with Crippen LogP contribution in [0.15, 0.2) is 0 Å². The Hall–Kier alpha value is -1.37. The molecule has 0 atom stereocenters. The van der Waals surface area contributed by atoms with Crippen molar-refractivity contribution in [2.75, 3.05) is 25.0 Å². The third-order valence-electron chi connectivity index (χ3n) is 2.87. The fourth-order valence-corrected chi connectivity index (χ4v) is 2.62. The van der Waals surface area contributed by atoms with Crippen molar-refractivity contribution < 1.29 is 9.53 Å². The second kappa shape index (κ2) is 5.99. The molecule has 18 heavy (non-hydrogen) atoms. The average molecular weight is 270 g/mol. The lowest BCUT2D eigenvalue weighted by Crippen LogP contribution is -2.42. The van der Waals surface area contributed by atoms with Gasteiger partial charge in [-0.2, -0.15) is 0 Å². The first-order valence-electron chi connectivity index (χ1n) is 6.17. The Morgan fingerprint density at radius 2 is 2.22 bits per heavy atom. The van der Waals surface area contributed by atoms with Crippen molar-refractivity contribution in [3.8, 4) is 0 Å². The number of hydrogen-bond acceptors (Lipinski definition) is 6. The van der Waals surface area contributed by atoms with Gasteiger partial charge in [0.15, 0.2) is 0 Å². The van der Waals surface area contributed by atoms with Crippen LogP contribution in [0.3, 0.4) is 0 Å². The molecule has 100 valence electrons. The molecule has 0 radical (unpaired) electrons. The van der Waals surface area contributed by atoms with Crippen molar-refractivity contribution in [2.24, 2.45) is 0 Å². The summed E-state index contributed by atoms with van der Waals surface area (Å²) in [4.78, 5) is 13.3. The number of ether oxygens (including phenoxy) is 1. The summed E-state index contributed by atoms with van der Waals surface area (Å²) in [5, 5.41) is 13.2. The van der Waals surface area contributed by atoms with Gasteiger partial charge in [-0.1, -0.05) is 11.3 Å². The summed E-state index contributed by atoms with van der Waals surface area (Å²) in [5.41, 5.74) is 0. The van der Waals surface area contributed by atoms with Crippen LogP contribution in [0.25, 0.3) is 0 Å². The first kappa shape index (κ1) is 13.1. The lowest BCUT2D eigenvalue weighted by molar-refractivity contribution is 0.0983. The number of likely N-dealkylation sites (tertiary alicyclic amines) is 1. The number of amides is 1. The van der Waals surface area contributed by atoms with E-state index in [0.717, 1.165) is 36.1 Å². The number of aromatic nitrogens is 2. The van der Waals surface area contributed by atoms with Gasteiger partial charge in [0, 0.05) is 19.1 Å². The predicted octanol–water partition coefficient (Wildman–Crippen LogP) is 1.88. The van der Waals surface area contributed by atoms with E-state index >= 15 is 0 Å². The maximum atomic E-state index is 11.5. The maximum Gasteiger partial charge on any atom is 0.409 e. The van der Waals surface area contributed by atoms with Crippen LogP contribution in [0.4, 0.5) is 9.93 Å². The van der Waals surface area contributed by atoms with Crippen LogP contribution in [0.5, 0.6) is 0 Å². The molecule has 1 aromatic rings. The number of nitrogens with one attached hydrogen (secondary N) is 1. The molecule has 0 spiro atoms. The zero-order chi connectivity index (χ0) is 13.0. The zero-order valence-corrected chi connectivity index (χ0v) is 11.5. The normalized spacial score (nSPS) is 16.7. The number of rotatable bonds is 3. The molecule has 0 bridgehead atoms. The highest BCUT2D eigenvalue weighted by Crippen LogP contribution is 2.19. The Balaban J connectivity index is 1.78. The highest BCUT2D eigenvalue weighted by molar-refractivity contribution is 7.15. The van der Waals surface area contributed by atoms with E-state index in [1.165, 1.54) is 0 Å². The predicted molar refractivity (Wildman–Crippen MR) is 69.9 cm³/mol. The molecule has 1 amide bonds. The van der Waals surface area contributed by atoms with Crippen LogP contribution < -0.4 is 5.32 Å². The molecule has 0 aromatic carbocycles. The van der Waals surface area contributed by atoms with Gasteiger partial charge in [-0.15, -0.1) is 10.2 Å². The minimum absolute atomic E-state index is 0.206. The number of carbonyl (C=O) groups excluding carboxylic acids is 1.